The van der Waals surface area contributed by atoms with E-state index in [9.17, 15) is 9.59 Å². The van der Waals surface area contributed by atoms with E-state index in [4.69, 9.17) is 23.2 Å². The molecule has 0 atom stereocenters. The lowest BCUT2D eigenvalue weighted by atomic mass is 9.97. The molecule has 8 heteroatoms. The van der Waals surface area contributed by atoms with E-state index in [1.807, 2.05) is 0 Å². The summed E-state index contributed by atoms with van der Waals surface area (Å²) >= 11 is 11.7. The van der Waals surface area contributed by atoms with Gasteiger partial charge < -0.3 is 15.5 Å². The van der Waals surface area contributed by atoms with Crippen LogP contribution in [0.15, 0.2) is 18.2 Å². The van der Waals surface area contributed by atoms with E-state index in [0.717, 1.165) is 25.9 Å². The van der Waals surface area contributed by atoms with E-state index in [1.165, 1.54) is 4.90 Å². The molecule has 2 N–H and O–H groups in total. The van der Waals surface area contributed by atoms with Crippen LogP contribution in [0.5, 0.6) is 0 Å². The van der Waals surface area contributed by atoms with Gasteiger partial charge in [-0.05, 0) is 44.1 Å². The molecule has 0 radical (unpaired) electrons. The first-order valence-corrected chi connectivity index (χ1v) is 7.93. The van der Waals surface area contributed by atoms with Gasteiger partial charge in [0.05, 0.1) is 16.6 Å². The molecule has 0 aliphatic carbocycles. The number of anilines is 1. The van der Waals surface area contributed by atoms with E-state index in [2.05, 4.69) is 10.6 Å². The fraction of sp³-hybridized carbons (Fsp3) is 0.467. The Kier molecular flexibility index (Phi) is 8.12. The van der Waals surface area contributed by atoms with Crippen molar-refractivity contribution in [3.63, 3.8) is 0 Å². The number of halogens is 3. The molecule has 1 saturated heterocycles. The number of carbonyl (C=O) groups is 2. The summed E-state index contributed by atoms with van der Waals surface area (Å²) in [5.41, 5.74) is 0.558. The minimum absolute atomic E-state index is 0. The molecule has 1 aromatic carbocycles. The highest BCUT2D eigenvalue weighted by Gasteiger charge is 2.24. The van der Waals surface area contributed by atoms with Gasteiger partial charge in [0.1, 0.15) is 0 Å². The molecule has 2 amide bonds. The van der Waals surface area contributed by atoms with Crippen molar-refractivity contribution in [2.45, 2.75) is 12.8 Å². The zero-order valence-electron chi connectivity index (χ0n) is 12.8. The van der Waals surface area contributed by atoms with E-state index in [1.54, 1.807) is 25.2 Å². The molecule has 23 heavy (non-hydrogen) atoms. The zero-order chi connectivity index (χ0) is 16.1. The summed E-state index contributed by atoms with van der Waals surface area (Å²) < 4.78 is 0. The molecular formula is C15H20Cl3N3O2. The van der Waals surface area contributed by atoms with Crippen molar-refractivity contribution in [2.24, 2.45) is 5.92 Å². The Bertz CT molecular complexity index is 563. The van der Waals surface area contributed by atoms with Gasteiger partial charge in [-0.2, -0.15) is 0 Å². The van der Waals surface area contributed by atoms with Crippen LogP contribution in [0.25, 0.3) is 0 Å². The third kappa shape index (κ3) is 5.84. The minimum atomic E-state index is -0.261. The highest BCUT2D eigenvalue weighted by atomic mass is 35.5. The van der Waals surface area contributed by atoms with Crippen LogP contribution in [0, 0.1) is 5.92 Å². The van der Waals surface area contributed by atoms with Gasteiger partial charge in [-0.1, -0.05) is 23.2 Å². The van der Waals surface area contributed by atoms with Crippen molar-refractivity contribution in [3.05, 3.63) is 28.2 Å². The van der Waals surface area contributed by atoms with Crippen LogP contribution in [-0.4, -0.2) is 43.4 Å². The first-order chi connectivity index (χ1) is 10.5. The Morgan fingerprint density at radius 2 is 1.91 bits per heavy atom. The second kappa shape index (κ2) is 9.33. The lowest BCUT2D eigenvalue weighted by molar-refractivity contribution is -0.137. The molecule has 0 bridgehead atoms. The summed E-state index contributed by atoms with van der Waals surface area (Å²) in [5, 5.41) is 6.73. The van der Waals surface area contributed by atoms with Gasteiger partial charge in [0.15, 0.2) is 0 Å². The maximum atomic E-state index is 12.3. The Morgan fingerprint density at radius 3 is 2.52 bits per heavy atom. The summed E-state index contributed by atoms with van der Waals surface area (Å²) in [7, 11) is 1.65. The molecule has 0 saturated carbocycles. The number of nitrogens with zero attached hydrogens (tertiary/aromatic N) is 1. The van der Waals surface area contributed by atoms with Gasteiger partial charge >= 0.3 is 0 Å². The quantitative estimate of drug-likeness (QED) is 0.844. The lowest BCUT2D eigenvalue weighted by Crippen LogP contribution is -2.42. The third-order valence-corrected chi connectivity index (χ3v) is 4.39. The van der Waals surface area contributed by atoms with Crippen molar-refractivity contribution in [1.29, 1.82) is 0 Å². The van der Waals surface area contributed by atoms with E-state index >= 15 is 0 Å². The fourth-order valence-electron chi connectivity index (χ4n) is 2.45. The van der Waals surface area contributed by atoms with Gasteiger partial charge in [0.2, 0.25) is 11.8 Å². The molecule has 1 aliphatic heterocycles. The molecule has 0 aromatic heterocycles. The van der Waals surface area contributed by atoms with Crippen molar-refractivity contribution in [3.8, 4) is 0 Å². The fourth-order valence-corrected chi connectivity index (χ4v) is 2.75. The van der Waals surface area contributed by atoms with E-state index in [0.29, 0.717) is 15.7 Å². The second-order valence-electron chi connectivity index (χ2n) is 5.40. The van der Waals surface area contributed by atoms with Gasteiger partial charge in [-0.25, -0.2) is 0 Å². The summed E-state index contributed by atoms with van der Waals surface area (Å²) in [6.07, 6.45) is 1.63. The molecule has 1 aromatic rings. The van der Waals surface area contributed by atoms with Gasteiger partial charge in [0, 0.05) is 18.7 Å². The maximum absolute atomic E-state index is 12.3. The topological polar surface area (TPSA) is 61.4 Å². The first kappa shape index (κ1) is 20.0. The molecule has 2 rings (SSSR count). The molecular weight excluding hydrogens is 361 g/mol. The smallest absolute Gasteiger partial charge is 0.243 e. The molecule has 0 unspecified atom stereocenters. The minimum Gasteiger partial charge on any atom is -0.336 e. The van der Waals surface area contributed by atoms with Crippen LogP contribution in [-0.2, 0) is 9.59 Å². The average molecular weight is 381 g/mol. The Labute approximate surface area is 152 Å². The average Bonchev–Trinajstić information content (AvgIpc) is 2.51. The number of likely N-dealkylation sites (N-methyl/N-ethyl adjacent to an activating group) is 1. The Balaban J connectivity index is 0.00000264. The van der Waals surface area contributed by atoms with Gasteiger partial charge in [0.25, 0.3) is 0 Å². The highest BCUT2D eigenvalue weighted by Crippen LogP contribution is 2.25. The molecule has 128 valence electrons. The SMILES string of the molecule is CN(CC(=O)Nc1ccc(Cl)c(Cl)c1)C(=O)C1CCNCC1.Cl. The highest BCUT2D eigenvalue weighted by molar-refractivity contribution is 6.42. The number of nitrogens with one attached hydrogen (secondary N) is 2. The zero-order valence-corrected chi connectivity index (χ0v) is 15.1. The predicted octanol–water partition coefficient (Wildman–Crippen LogP) is 2.81. The summed E-state index contributed by atoms with van der Waals surface area (Å²) in [5.74, 6) is -0.238. The van der Waals surface area contributed by atoms with Crippen molar-refractivity contribution in [2.75, 3.05) is 32.0 Å². The molecule has 1 aliphatic rings. The number of hydrogen-bond acceptors (Lipinski definition) is 3. The number of piperidine rings is 1. The summed E-state index contributed by atoms with van der Waals surface area (Å²) in [4.78, 5) is 25.8. The maximum Gasteiger partial charge on any atom is 0.243 e. The monoisotopic (exact) mass is 379 g/mol. The standard InChI is InChI=1S/C15H19Cl2N3O2.ClH/c1-20(15(22)10-4-6-18-7-5-10)9-14(21)19-11-2-3-12(16)13(17)8-11;/h2-3,8,10,18H,4-7,9H2,1H3,(H,19,21);1H. The molecule has 5 nitrogen and oxygen atoms in total. The molecule has 0 spiro atoms. The number of rotatable bonds is 4. The summed E-state index contributed by atoms with van der Waals surface area (Å²) in [6.45, 7) is 1.71. The first-order valence-electron chi connectivity index (χ1n) is 7.18. The van der Waals surface area contributed by atoms with Crippen LogP contribution < -0.4 is 10.6 Å². The number of amides is 2. The number of carbonyl (C=O) groups excluding carboxylic acids is 2. The second-order valence-corrected chi connectivity index (χ2v) is 6.21. The number of hydrogen-bond donors (Lipinski definition) is 2. The lowest BCUT2D eigenvalue weighted by Gasteiger charge is -2.26. The van der Waals surface area contributed by atoms with Gasteiger partial charge in [-0.3, -0.25) is 9.59 Å². The van der Waals surface area contributed by atoms with Crippen molar-refractivity contribution in [1.82, 2.24) is 10.2 Å². The van der Waals surface area contributed by atoms with Gasteiger partial charge in [-0.15, -0.1) is 12.4 Å². The van der Waals surface area contributed by atoms with Crippen LogP contribution >= 0.6 is 35.6 Å². The van der Waals surface area contributed by atoms with Crippen molar-refractivity contribution >= 4 is 53.1 Å². The molecule has 1 heterocycles. The Hall–Kier alpha value is -1.01. The van der Waals surface area contributed by atoms with E-state index < -0.39 is 0 Å². The number of benzene rings is 1. The van der Waals surface area contributed by atoms with Crippen LogP contribution in [0.4, 0.5) is 5.69 Å². The molecule has 1 fully saturated rings. The van der Waals surface area contributed by atoms with Crippen LogP contribution in [0.1, 0.15) is 12.8 Å². The largest absolute Gasteiger partial charge is 0.336 e. The van der Waals surface area contributed by atoms with Crippen LogP contribution in [0.3, 0.4) is 0 Å². The summed E-state index contributed by atoms with van der Waals surface area (Å²) in [6, 6.07) is 4.86. The Morgan fingerprint density at radius 1 is 1.26 bits per heavy atom. The van der Waals surface area contributed by atoms with Crippen molar-refractivity contribution < 1.29 is 9.59 Å². The van der Waals surface area contributed by atoms with E-state index in [-0.39, 0.29) is 36.7 Å². The third-order valence-electron chi connectivity index (χ3n) is 3.65. The normalized spacial score (nSPS) is 14.7. The van der Waals surface area contributed by atoms with Crippen LogP contribution in [0.2, 0.25) is 10.0 Å². The predicted molar refractivity (Wildman–Crippen MR) is 95.6 cm³/mol.